The van der Waals surface area contributed by atoms with E-state index in [1.54, 1.807) is 30.3 Å². The molecule has 0 aliphatic carbocycles. The Morgan fingerprint density at radius 3 is 2.00 bits per heavy atom. The summed E-state index contributed by atoms with van der Waals surface area (Å²) in [6.45, 7) is 0.0551. The lowest BCUT2D eigenvalue weighted by Crippen LogP contribution is -2.66. The zero-order valence-corrected chi connectivity index (χ0v) is 22.6. The number of carbonyl (C=O) groups excluding carboxylic acids is 2. The van der Waals surface area contributed by atoms with Crippen LogP contribution in [0.4, 0.5) is 0 Å². The van der Waals surface area contributed by atoms with Crippen LogP contribution in [0.1, 0.15) is 36.5 Å². The fourth-order valence-corrected chi connectivity index (χ4v) is 3.92. The van der Waals surface area contributed by atoms with E-state index in [2.05, 4.69) is 10.6 Å². The van der Waals surface area contributed by atoms with E-state index in [1.165, 1.54) is 6.92 Å². The van der Waals surface area contributed by atoms with Gasteiger partial charge in [0.05, 0.1) is 52.2 Å². The van der Waals surface area contributed by atoms with E-state index >= 15 is 0 Å². The Bertz CT molecular complexity index is 1010. The average Bonchev–Trinajstić information content (AvgIpc) is 2.91. The normalized spacial score (nSPS) is 22.1. The number of ether oxygens (including phenoxy) is 5. The average molecular weight is 585 g/mol. The van der Waals surface area contributed by atoms with Gasteiger partial charge in [0, 0.05) is 12.5 Å². The molecule has 15 heteroatoms. The number of Topliss-reactive ketones (excluding diaryl/α,β-unsaturated/α-hetero) is 1. The highest BCUT2D eigenvalue weighted by Gasteiger charge is 2.48. The maximum Gasteiger partial charge on any atom is 0.305 e. The van der Waals surface area contributed by atoms with E-state index in [-0.39, 0.29) is 64.7 Å². The molecule has 0 saturated carbocycles. The number of carboxylic acid groups (broad SMARTS) is 3. The van der Waals surface area contributed by atoms with E-state index in [1.807, 2.05) is 0 Å². The summed E-state index contributed by atoms with van der Waals surface area (Å²) in [4.78, 5) is 57.5. The van der Waals surface area contributed by atoms with Crippen LogP contribution < -0.4 is 10.6 Å². The molecule has 2 unspecified atom stereocenters. The van der Waals surface area contributed by atoms with Gasteiger partial charge in [-0.05, 0) is 0 Å². The van der Waals surface area contributed by atoms with Crippen molar-refractivity contribution in [1.29, 1.82) is 0 Å². The second kappa shape index (κ2) is 18.1. The first-order chi connectivity index (χ1) is 19.6. The number of benzene rings is 1. The Labute approximate surface area is 236 Å². The van der Waals surface area contributed by atoms with Gasteiger partial charge in [-0.15, -0.1) is 0 Å². The largest absolute Gasteiger partial charge is 0.481 e. The van der Waals surface area contributed by atoms with Crippen LogP contribution in [0.3, 0.4) is 0 Å². The molecule has 1 amide bonds. The van der Waals surface area contributed by atoms with Crippen molar-refractivity contribution in [3.63, 3.8) is 0 Å². The van der Waals surface area contributed by atoms with Crippen molar-refractivity contribution >= 4 is 29.6 Å². The second-order valence-corrected chi connectivity index (χ2v) is 8.97. The predicted octanol–water partition coefficient (Wildman–Crippen LogP) is -0.126. The van der Waals surface area contributed by atoms with Crippen molar-refractivity contribution in [1.82, 2.24) is 10.6 Å². The summed E-state index contributed by atoms with van der Waals surface area (Å²) in [5, 5.41) is 32.5. The van der Waals surface area contributed by atoms with Crippen LogP contribution in [0.25, 0.3) is 0 Å². The van der Waals surface area contributed by atoms with Gasteiger partial charge in [-0.25, -0.2) is 0 Å². The highest BCUT2D eigenvalue weighted by molar-refractivity contribution is 5.97. The standard InChI is InChI=1S/C26H36N2O13/c1-16(29)28-23-25(39-12-9-22(35)36)24(38-11-8-21(33)34)19(14-37-10-7-20(31)32)41-26(23)40-15-27-13-18(30)17-5-3-2-4-6-17/h2-6,19,23-27H,7-15H2,1H3,(H,28,29)(H,31,32)(H,33,34)(H,35,36)/t19?,23?,24-,25+,26+/m0/s1. The maximum atomic E-state index is 12.4. The number of ketones is 1. The summed E-state index contributed by atoms with van der Waals surface area (Å²) in [7, 11) is 0. The third-order valence-corrected chi connectivity index (χ3v) is 5.74. The molecule has 1 saturated heterocycles. The fourth-order valence-electron chi connectivity index (χ4n) is 3.92. The van der Waals surface area contributed by atoms with Crippen LogP contribution in [-0.2, 0) is 42.9 Å². The van der Waals surface area contributed by atoms with Gasteiger partial charge in [0.25, 0.3) is 0 Å². The Kier molecular flexibility index (Phi) is 14.9. The second-order valence-electron chi connectivity index (χ2n) is 8.97. The summed E-state index contributed by atoms with van der Waals surface area (Å²) >= 11 is 0. The minimum Gasteiger partial charge on any atom is -0.481 e. The molecule has 1 aliphatic heterocycles. The number of amides is 1. The lowest BCUT2D eigenvalue weighted by Gasteiger charge is -2.46. The third-order valence-electron chi connectivity index (χ3n) is 5.74. The third kappa shape index (κ3) is 12.7. The topological polar surface area (TPSA) is 216 Å². The monoisotopic (exact) mass is 584 g/mol. The molecule has 0 bridgehead atoms. The smallest absolute Gasteiger partial charge is 0.305 e. The number of carbonyl (C=O) groups is 5. The lowest BCUT2D eigenvalue weighted by atomic mass is 9.96. The number of carboxylic acids is 3. The van der Waals surface area contributed by atoms with Crippen molar-refractivity contribution in [2.75, 3.05) is 39.7 Å². The van der Waals surface area contributed by atoms with Crippen LogP contribution in [0.5, 0.6) is 0 Å². The van der Waals surface area contributed by atoms with E-state index in [0.29, 0.717) is 5.56 Å². The number of hydrogen-bond donors (Lipinski definition) is 5. The molecule has 2 rings (SSSR count). The molecule has 5 N–H and O–H groups in total. The van der Waals surface area contributed by atoms with Crippen LogP contribution in [0.15, 0.2) is 30.3 Å². The van der Waals surface area contributed by atoms with Gasteiger partial charge < -0.3 is 44.3 Å². The quantitative estimate of drug-likeness (QED) is 0.0767. The van der Waals surface area contributed by atoms with E-state index < -0.39 is 54.5 Å². The van der Waals surface area contributed by atoms with Gasteiger partial charge in [0.1, 0.15) is 31.1 Å². The predicted molar refractivity (Wildman–Crippen MR) is 138 cm³/mol. The molecule has 0 radical (unpaired) electrons. The Morgan fingerprint density at radius 2 is 1.41 bits per heavy atom. The highest BCUT2D eigenvalue weighted by Crippen LogP contribution is 2.28. The minimum absolute atomic E-state index is 0.0667. The molecule has 0 aromatic heterocycles. The molecule has 228 valence electrons. The highest BCUT2D eigenvalue weighted by atomic mass is 16.7. The molecule has 1 aromatic carbocycles. The molecule has 1 fully saturated rings. The first-order valence-electron chi connectivity index (χ1n) is 12.9. The number of hydrogen-bond acceptors (Lipinski definition) is 11. The van der Waals surface area contributed by atoms with E-state index in [9.17, 15) is 24.0 Å². The van der Waals surface area contributed by atoms with E-state index in [0.717, 1.165) is 0 Å². The van der Waals surface area contributed by atoms with Crippen LogP contribution in [0.2, 0.25) is 0 Å². The molecule has 1 aliphatic rings. The lowest BCUT2D eigenvalue weighted by molar-refractivity contribution is -0.288. The Hall–Kier alpha value is -3.47. The summed E-state index contributed by atoms with van der Waals surface area (Å²) in [6.07, 6.45) is -5.37. The van der Waals surface area contributed by atoms with Gasteiger partial charge in [0.15, 0.2) is 12.1 Å². The Morgan fingerprint density at radius 1 is 0.829 bits per heavy atom. The zero-order valence-electron chi connectivity index (χ0n) is 22.6. The summed E-state index contributed by atoms with van der Waals surface area (Å²) < 4.78 is 28.9. The SMILES string of the molecule is CC(=O)NC1[C@H](OCNCC(=O)c2ccccc2)OC(COCCC(=O)O)[C@H](OCCC(=O)O)[C@@H]1OCCC(=O)O. The summed E-state index contributed by atoms with van der Waals surface area (Å²) in [5.74, 6) is -4.03. The molecule has 1 aromatic rings. The maximum absolute atomic E-state index is 12.4. The molecule has 15 nitrogen and oxygen atoms in total. The molecule has 0 spiro atoms. The van der Waals surface area contributed by atoms with Gasteiger partial charge >= 0.3 is 17.9 Å². The number of nitrogens with one attached hydrogen (secondary N) is 2. The van der Waals surface area contributed by atoms with Crippen molar-refractivity contribution in [2.45, 2.75) is 56.8 Å². The first kappa shape index (κ1) is 33.7. The fraction of sp³-hybridized carbons (Fsp3) is 0.577. The summed E-state index contributed by atoms with van der Waals surface area (Å²) in [5.41, 5.74) is 0.497. The van der Waals surface area contributed by atoms with Crippen molar-refractivity contribution in [2.24, 2.45) is 0 Å². The first-order valence-corrected chi connectivity index (χ1v) is 12.9. The van der Waals surface area contributed by atoms with Crippen LogP contribution in [-0.4, -0.2) is 115 Å². The summed E-state index contributed by atoms with van der Waals surface area (Å²) in [6, 6.07) is 7.54. The van der Waals surface area contributed by atoms with Gasteiger partial charge in [-0.2, -0.15) is 0 Å². The molecule has 1 heterocycles. The van der Waals surface area contributed by atoms with Crippen molar-refractivity contribution in [3.05, 3.63) is 35.9 Å². The Balaban J connectivity index is 2.21. The van der Waals surface area contributed by atoms with Gasteiger partial charge in [0.2, 0.25) is 5.91 Å². The molecule has 5 atom stereocenters. The number of aliphatic carboxylic acids is 3. The molecular weight excluding hydrogens is 548 g/mol. The van der Waals surface area contributed by atoms with E-state index in [4.69, 9.17) is 39.0 Å². The minimum atomic E-state index is -1.21. The molecule has 41 heavy (non-hydrogen) atoms. The van der Waals surface area contributed by atoms with Crippen molar-refractivity contribution < 1.29 is 63.0 Å². The number of rotatable bonds is 20. The molecular formula is C26H36N2O13. The van der Waals surface area contributed by atoms with Crippen LogP contribution in [0, 0.1) is 0 Å². The van der Waals surface area contributed by atoms with Crippen molar-refractivity contribution in [3.8, 4) is 0 Å². The van der Waals surface area contributed by atoms with Gasteiger partial charge in [-0.3, -0.25) is 29.3 Å². The zero-order chi connectivity index (χ0) is 30.2. The van der Waals surface area contributed by atoms with Crippen LogP contribution >= 0.6 is 0 Å². The van der Waals surface area contributed by atoms with Gasteiger partial charge in [-0.1, -0.05) is 30.3 Å².